The van der Waals surface area contributed by atoms with Crippen LogP contribution in [0.5, 0.6) is 0 Å². The molecule has 0 saturated carbocycles. The molecule has 0 radical (unpaired) electrons. The molecule has 0 heterocycles. The topological polar surface area (TPSA) is 61.2 Å². The minimum absolute atomic E-state index is 0.255. The third kappa shape index (κ3) is 3.30. The average Bonchev–Trinajstić information content (AvgIpc) is 2.21. The maximum absolute atomic E-state index is 11.5. The van der Waals surface area contributed by atoms with Gasteiger partial charge in [-0.25, -0.2) is 8.42 Å². The van der Waals surface area contributed by atoms with E-state index in [4.69, 9.17) is 5.26 Å². The highest BCUT2D eigenvalue weighted by Gasteiger charge is 2.18. The molecule has 6 heteroatoms. The van der Waals surface area contributed by atoms with Gasteiger partial charge < -0.3 is 0 Å². The molecule has 0 unspecified atom stereocenters. The van der Waals surface area contributed by atoms with E-state index in [0.717, 1.165) is 10.0 Å². The summed E-state index contributed by atoms with van der Waals surface area (Å²) in [6.07, 6.45) is 0. The van der Waals surface area contributed by atoms with Crippen LogP contribution in [0.3, 0.4) is 0 Å². The summed E-state index contributed by atoms with van der Waals surface area (Å²) < 4.78 is 25.1. The van der Waals surface area contributed by atoms with Crippen LogP contribution in [0.2, 0.25) is 0 Å². The van der Waals surface area contributed by atoms with Crippen molar-refractivity contribution in [3.05, 3.63) is 34.3 Å². The summed E-state index contributed by atoms with van der Waals surface area (Å²) >= 11 is 3.34. The van der Waals surface area contributed by atoms with E-state index < -0.39 is 15.8 Å². The Labute approximate surface area is 104 Å². The van der Waals surface area contributed by atoms with E-state index in [-0.39, 0.29) is 6.54 Å². The van der Waals surface area contributed by atoms with Gasteiger partial charge >= 0.3 is 0 Å². The fraction of sp³-hybridized carbons (Fsp3) is 0.300. The van der Waals surface area contributed by atoms with Crippen molar-refractivity contribution in [1.82, 2.24) is 4.31 Å². The van der Waals surface area contributed by atoms with E-state index >= 15 is 0 Å². The first-order valence-electron chi connectivity index (χ1n) is 4.52. The predicted octanol–water partition coefficient (Wildman–Crippen LogP) is 1.73. The average molecular weight is 303 g/mol. The van der Waals surface area contributed by atoms with E-state index in [9.17, 15) is 8.42 Å². The zero-order chi connectivity index (χ0) is 12.2. The normalized spacial score (nSPS) is 11.4. The fourth-order valence-electron chi connectivity index (χ4n) is 1.16. The Morgan fingerprint density at radius 1 is 1.44 bits per heavy atom. The van der Waals surface area contributed by atoms with Crippen LogP contribution in [0.25, 0.3) is 0 Å². The summed E-state index contributed by atoms with van der Waals surface area (Å²) in [5.74, 6) is -0.492. The molecule has 0 saturated heterocycles. The number of nitrogens with zero attached hydrogens (tertiary/aromatic N) is 2. The lowest BCUT2D eigenvalue weighted by molar-refractivity contribution is 0.469. The number of hydrogen-bond acceptors (Lipinski definition) is 3. The molecule has 1 aromatic carbocycles. The molecule has 1 rings (SSSR count). The first kappa shape index (κ1) is 13.2. The first-order valence-corrected chi connectivity index (χ1v) is 6.92. The Hall–Kier alpha value is -0.900. The number of rotatable bonds is 4. The fourth-order valence-corrected chi connectivity index (χ4v) is 2.29. The predicted molar refractivity (Wildman–Crippen MR) is 65.0 cm³/mol. The second-order valence-electron chi connectivity index (χ2n) is 3.26. The van der Waals surface area contributed by atoms with Crippen LogP contribution in [0.15, 0.2) is 28.7 Å². The molecular weight excluding hydrogens is 292 g/mol. The molecule has 0 N–H and O–H groups in total. The highest BCUT2D eigenvalue weighted by molar-refractivity contribution is 9.10. The van der Waals surface area contributed by atoms with Crippen molar-refractivity contribution in [2.45, 2.75) is 6.54 Å². The molecule has 86 valence electrons. The lowest BCUT2D eigenvalue weighted by Gasteiger charge is -2.15. The SMILES string of the molecule is CN(Cc1ccccc1Br)S(=O)(=O)CC#N. The molecule has 0 bridgehead atoms. The van der Waals surface area contributed by atoms with Gasteiger partial charge in [0.1, 0.15) is 0 Å². The molecular formula is C10H11BrN2O2S. The van der Waals surface area contributed by atoms with Crippen LogP contribution in [-0.4, -0.2) is 25.5 Å². The molecule has 0 aliphatic carbocycles. The van der Waals surface area contributed by atoms with Gasteiger partial charge in [0.15, 0.2) is 5.75 Å². The number of halogens is 1. The zero-order valence-electron chi connectivity index (χ0n) is 8.72. The largest absolute Gasteiger partial charge is 0.227 e. The molecule has 0 aliphatic rings. The van der Waals surface area contributed by atoms with Crippen molar-refractivity contribution in [1.29, 1.82) is 5.26 Å². The lowest BCUT2D eigenvalue weighted by Crippen LogP contribution is -2.28. The van der Waals surface area contributed by atoms with Gasteiger partial charge in [0, 0.05) is 18.1 Å². The number of nitriles is 1. The van der Waals surface area contributed by atoms with Gasteiger partial charge in [-0.05, 0) is 11.6 Å². The van der Waals surface area contributed by atoms with Crippen LogP contribution in [0.4, 0.5) is 0 Å². The molecule has 0 atom stereocenters. The van der Waals surface area contributed by atoms with Crippen LogP contribution in [0, 0.1) is 11.3 Å². The van der Waals surface area contributed by atoms with Gasteiger partial charge in [0.05, 0.1) is 6.07 Å². The summed E-state index contributed by atoms with van der Waals surface area (Å²) in [5, 5.41) is 8.41. The van der Waals surface area contributed by atoms with E-state index in [1.165, 1.54) is 11.4 Å². The molecule has 0 aromatic heterocycles. The molecule has 0 spiro atoms. The summed E-state index contributed by atoms with van der Waals surface area (Å²) in [6, 6.07) is 9.03. The monoisotopic (exact) mass is 302 g/mol. The zero-order valence-corrected chi connectivity index (χ0v) is 11.1. The third-order valence-electron chi connectivity index (χ3n) is 2.07. The quantitative estimate of drug-likeness (QED) is 0.851. The molecule has 0 aliphatic heterocycles. The summed E-state index contributed by atoms with van der Waals surface area (Å²) in [5.41, 5.74) is 0.867. The van der Waals surface area contributed by atoms with Crippen LogP contribution in [0.1, 0.15) is 5.56 Å². The first-order chi connectivity index (χ1) is 7.47. The van der Waals surface area contributed by atoms with Gasteiger partial charge in [0.2, 0.25) is 10.0 Å². The van der Waals surface area contributed by atoms with E-state index in [0.29, 0.717) is 0 Å². The van der Waals surface area contributed by atoms with E-state index in [1.54, 1.807) is 6.07 Å². The highest BCUT2D eigenvalue weighted by atomic mass is 79.9. The van der Waals surface area contributed by atoms with Gasteiger partial charge in [-0.1, -0.05) is 34.1 Å². The van der Waals surface area contributed by atoms with Crippen molar-refractivity contribution in [3.8, 4) is 6.07 Å². The highest BCUT2D eigenvalue weighted by Crippen LogP contribution is 2.18. The van der Waals surface area contributed by atoms with E-state index in [1.807, 2.05) is 24.3 Å². The molecule has 0 amide bonds. The van der Waals surface area contributed by atoms with Gasteiger partial charge in [-0.3, -0.25) is 0 Å². The van der Waals surface area contributed by atoms with E-state index in [2.05, 4.69) is 15.9 Å². The summed E-state index contributed by atoms with van der Waals surface area (Å²) in [6.45, 7) is 0.255. The molecule has 4 nitrogen and oxygen atoms in total. The maximum atomic E-state index is 11.5. The Morgan fingerprint density at radius 3 is 2.62 bits per heavy atom. The Morgan fingerprint density at radius 2 is 2.06 bits per heavy atom. The van der Waals surface area contributed by atoms with Crippen molar-refractivity contribution in [2.75, 3.05) is 12.8 Å². The van der Waals surface area contributed by atoms with Gasteiger partial charge in [-0.2, -0.15) is 9.57 Å². The Kier molecular flexibility index (Phi) is 4.47. The smallest absolute Gasteiger partial charge is 0.211 e. The van der Waals surface area contributed by atoms with Crippen LogP contribution >= 0.6 is 15.9 Å². The molecule has 16 heavy (non-hydrogen) atoms. The van der Waals surface area contributed by atoms with Crippen molar-refractivity contribution >= 4 is 26.0 Å². The van der Waals surface area contributed by atoms with Crippen LogP contribution < -0.4 is 0 Å². The second-order valence-corrected chi connectivity index (χ2v) is 6.19. The minimum atomic E-state index is -3.47. The summed E-state index contributed by atoms with van der Waals surface area (Å²) in [4.78, 5) is 0. The number of sulfonamides is 1. The minimum Gasteiger partial charge on any atom is -0.211 e. The Bertz CT molecular complexity index is 508. The lowest BCUT2D eigenvalue weighted by atomic mass is 10.2. The summed E-state index contributed by atoms with van der Waals surface area (Å²) in [7, 11) is -2.01. The molecule has 1 aromatic rings. The standard InChI is InChI=1S/C10H11BrN2O2S/c1-13(16(14,15)7-6-12)8-9-4-2-3-5-10(9)11/h2-5H,7-8H2,1H3. The second kappa shape index (κ2) is 5.43. The van der Waals surface area contributed by atoms with Crippen molar-refractivity contribution < 1.29 is 8.42 Å². The number of hydrogen-bond donors (Lipinski definition) is 0. The van der Waals surface area contributed by atoms with Crippen LogP contribution in [-0.2, 0) is 16.6 Å². The number of benzene rings is 1. The Balaban J connectivity index is 2.84. The van der Waals surface area contributed by atoms with Crippen molar-refractivity contribution in [3.63, 3.8) is 0 Å². The van der Waals surface area contributed by atoms with Gasteiger partial charge in [0.25, 0.3) is 0 Å². The maximum Gasteiger partial charge on any atom is 0.227 e. The van der Waals surface area contributed by atoms with Crippen molar-refractivity contribution in [2.24, 2.45) is 0 Å². The van der Waals surface area contributed by atoms with Gasteiger partial charge in [-0.15, -0.1) is 0 Å². The third-order valence-corrected chi connectivity index (χ3v) is 4.42. The molecule has 0 fully saturated rings.